The van der Waals surface area contributed by atoms with Gasteiger partial charge in [-0.1, -0.05) is 6.07 Å². The predicted octanol–water partition coefficient (Wildman–Crippen LogP) is 3.23. The van der Waals surface area contributed by atoms with E-state index in [-0.39, 0.29) is 16.6 Å². The fourth-order valence-corrected chi connectivity index (χ4v) is 3.23. The molecule has 0 fully saturated rings. The van der Waals surface area contributed by atoms with Crippen LogP contribution in [0.5, 0.6) is 0 Å². The Morgan fingerprint density at radius 3 is 2.57 bits per heavy atom. The molecular formula is C13H14N2O4S2. The average molecular weight is 326 g/mol. The first-order valence-corrected chi connectivity index (χ1v) is 8.84. The van der Waals surface area contributed by atoms with Crippen LogP contribution < -0.4 is 5.32 Å². The first kappa shape index (κ1) is 15.5. The number of hydrogen-bond acceptors (Lipinski definition) is 6. The Balaban J connectivity index is 2.38. The van der Waals surface area contributed by atoms with Crippen LogP contribution in [0.2, 0.25) is 0 Å². The van der Waals surface area contributed by atoms with Crippen LogP contribution in [0.1, 0.15) is 17.8 Å². The van der Waals surface area contributed by atoms with E-state index in [4.69, 9.17) is 0 Å². The number of hydrogen-bond donors (Lipinski definition) is 1. The molecule has 1 aromatic carbocycles. The van der Waals surface area contributed by atoms with Crippen molar-refractivity contribution >= 4 is 32.5 Å². The number of nitrogens with one attached hydrogen (secondary N) is 1. The monoisotopic (exact) mass is 326 g/mol. The van der Waals surface area contributed by atoms with Gasteiger partial charge in [0.05, 0.1) is 15.9 Å². The lowest BCUT2D eigenvalue weighted by Crippen LogP contribution is -2.08. The van der Waals surface area contributed by atoms with E-state index < -0.39 is 14.8 Å². The number of sulfone groups is 1. The summed E-state index contributed by atoms with van der Waals surface area (Å²) in [6, 6.07) is 7.61. The number of anilines is 1. The Kier molecular flexibility index (Phi) is 4.29. The number of nitro benzene ring substituents is 1. The second-order valence-corrected chi connectivity index (χ2v) is 7.58. The molecule has 112 valence electrons. The lowest BCUT2D eigenvalue weighted by atomic mass is 10.2. The van der Waals surface area contributed by atoms with E-state index in [0.717, 1.165) is 17.2 Å². The Morgan fingerprint density at radius 2 is 2.05 bits per heavy atom. The highest BCUT2D eigenvalue weighted by molar-refractivity contribution is 7.90. The molecule has 8 heteroatoms. The second kappa shape index (κ2) is 5.82. The van der Waals surface area contributed by atoms with Crippen LogP contribution in [-0.4, -0.2) is 19.6 Å². The number of nitro groups is 1. The largest absolute Gasteiger partial charge is 0.372 e. The standard InChI is InChI=1S/C13H14N2O4S2/c1-9(13-4-3-7-20-13)14-11-6-5-10(21(2,18)19)8-12(11)15(16)17/h3-9,14H,1-2H3/t9-/m1/s1. The van der Waals surface area contributed by atoms with Crippen molar-refractivity contribution in [3.8, 4) is 0 Å². The minimum absolute atomic E-state index is 0.0662. The molecule has 0 spiro atoms. The maximum atomic E-state index is 11.5. The van der Waals surface area contributed by atoms with Gasteiger partial charge in [0.2, 0.25) is 0 Å². The van der Waals surface area contributed by atoms with Crippen molar-refractivity contribution in [1.82, 2.24) is 0 Å². The maximum Gasteiger partial charge on any atom is 0.293 e. The Morgan fingerprint density at radius 1 is 1.33 bits per heavy atom. The van der Waals surface area contributed by atoms with Crippen molar-refractivity contribution in [2.45, 2.75) is 17.9 Å². The zero-order valence-corrected chi connectivity index (χ0v) is 13.1. The minimum Gasteiger partial charge on any atom is -0.372 e. The van der Waals surface area contributed by atoms with Gasteiger partial charge >= 0.3 is 0 Å². The third-order valence-corrected chi connectivity index (χ3v) is 5.10. The zero-order chi connectivity index (χ0) is 15.6. The molecule has 0 unspecified atom stereocenters. The molecule has 0 amide bonds. The molecule has 0 bridgehead atoms. The second-order valence-electron chi connectivity index (χ2n) is 4.59. The van der Waals surface area contributed by atoms with Crippen LogP contribution in [-0.2, 0) is 9.84 Å². The molecule has 0 saturated carbocycles. The van der Waals surface area contributed by atoms with Gasteiger partial charge in [0.15, 0.2) is 9.84 Å². The van der Waals surface area contributed by atoms with E-state index in [1.807, 2.05) is 24.4 Å². The van der Waals surface area contributed by atoms with Crippen molar-refractivity contribution < 1.29 is 13.3 Å². The van der Waals surface area contributed by atoms with Crippen molar-refractivity contribution in [2.75, 3.05) is 11.6 Å². The van der Waals surface area contributed by atoms with Crippen LogP contribution in [0.3, 0.4) is 0 Å². The van der Waals surface area contributed by atoms with Crippen LogP contribution in [0.15, 0.2) is 40.6 Å². The third kappa shape index (κ3) is 3.59. The molecule has 1 heterocycles. The molecule has 0 aliphatic rings. The molecule has 0 radical (unpaired) electrons. The van der Waals surface area contributed by atoms with Gasteiger partial charge in [-0.3, -0.25) is 10.1 Å². The van der Waals surface area contributed by atoms with E-state index in [1.165, 1.54) is 12.1 Å². The molecule has 21 heavy (non-hydrogen) atoms. The van der Waals surface area contributed by atoms with Gasteiger partial charge in [-0.2, -0.15) is 0 Å². The molecule has 6 nitrogen and oxygen atoms in total. The lowest BCUT2D eigenvalue weighted by molar-refractivity contribution is -0.384. The summed E-state index contributed by atoms with van der Waals surface area (Å²) in [5.74, 6) is 0. The number of benzene rings is 1. The molecule has 2 rings (SSSR count). The lowest BCUT2D eigenvalue weighted by Gasteiger charge is -2.14. The van der Waals surface area contributed by atoms with Gasteiger partial charge in [-0.05, 0) is 30.5 Å². The number of rotatable bonds is 5. The summed E-state index contributed by atoms with van der Waals surface area (Å²) in [5.41, 5.74) is 0.0506. The average Bonchev–Trinajstić information content (AvgIpc) is 2.91. The summed E-state index contributed by atoms with van der Waals surface area (Å²) in [4.78, 5) is 11.5. The molecule has 0 aliphatic carbocycles. The topological polar surface area (TPSA) is 89.3 Å². The number of nitrogens with zero attached hydrogens (tertiary/aromatic N) is 1. The Bertz CT molecular complexity index is 754. The Hall–Kier alpha value is -1.93. The van der Waals surface area contributed by atoms with Crippen molar-refractivity contribution in [3.63, 3.8) is 0 Å². The van der Waals surface area contributed by atoms with E-state index in [1.54, 1.807) is 11.3 Å². The van der Waals surface area contributed by atoms with Crippen LogP contribution in [0, 0.1) is 10.1 Å². The predicted molar refractivity (Wildman–Crippen MR) is 82.6 cm³/mol. The molecule has 1 N–H and O–H groups in total. The molecular weight excluding hydrogens is 312 g/mol. The van der Waals surface area contributed by atoms with Gasteiger partial charge < -0.3 is 5.32 Å². The minimum atomic E-state index is -3.48. The maximum absolute atomic E-state index is 11.5. The summed E-state index contributed by atoms with van der Waals surface area (Å²) in [6.07, 6.45) is 1.02. The van der Waals surface area contributed by atoms with Crippen molar-refractivity contribution in [2.24, 2.45) is 0 Å². The third-order valence-electron chi connectivity index (χ3n) is 2.94. The van der Waals surface area contributed by atoms with E-state index in [9.17, 15) is 18.5 Å². The molecule has 0 saturated heterocycles. The van der Waals surface area contributed by atoms with Crippen LogP contribution >= 0.6 is 11.3 Å². The first-order chi connectivity index (χ1) is 9.79. The summed E-state index contributed by atoms with van der Waals surface area (Å²) in [5, 5.41) is 16.1. The van der Waals surface area contributed by atoms with E-state index >= 15 is 0 Å². The highest BCUT2D eigenvalue weighted by Gasteiger charge is 2.20. The molecule has 1 atom stereocenters. The first-order valence-electron chi connectivity index (χ1n) is 6.07. The number of thiophene rings is 1. The van der Waals surface area contributed by atoms with Crippen molar-refractivity contribution in [1.29, 1.82) is 0 Å². The normalized spacial score (nSPS) is 12.9. The van der Waals surface area contributed by atoms with Gasteiger partial charge in [-0.25, -0.2) is 8.42 Å². The highest BCUT2D eigenvalue weighted by Crippen LogP contribution is 2.31. The van der Waals surface area contributed by atoms with Crippen LogP contribution in [0.4, 0.5) is 11.4 Å². The summed E-state index contributed by atoms with van der Waals surface area (Å²) >= 11 is 1.54. The fraction of sp³-hybridized carbons (Fsp3) is 0.231. The zero-order valence-electron chi connectivity index (χ0n) is 11.4. The molecule has 2 aromatic rings. The summed E-state index contributed by atoms with van der Waals surface area (Å²) in [7, 11) is -3.48. The summed E-state index contributed by atoms with van der Waals surface area (Å²) < 4.78 is 23.0. The van der Waals surface area contributed by atoms with Gasteiger partial charge in [0.25, 0.3) is 5.69 Å². The van der Waals surface area contributed by atoms with E-state index in [2.05, 4.69) is 5.32 Å². The fourth-order valence-electron chi connectivity index (χ4n) is 1.86. The van der Waals surface area contributed by atoms with Crippen molar-refractivity contribution in [3.05, 3.63) is 50.7 Å². The quantitative estimate of drug-likeness (QED) is 0.673. The van der Waals surface area contributed by atoms with Gasteiger partial charge in [-0.15, -0.1) is 11.3 Å². The van der Waals surface area contributed by atoms with Gasteiger partial charge in [0, 0.05) is 17.2 Å². The molecule has 1 aromatic heterocycles. The smallest absolute Gasteiger partial charge is 0.293 e. The van der Waals surface area contributed by atoms with Gasteiger partial charge in [0.1, 0.15) is 5.69 Å². The van der Waals surface area contributed by atoms with Crippen LogP contribution in [0.25, 0.3) is 0 Å². The molecule has 0 aliphatic heterocycles. The SMILES string of the molecule is C[C@@H](Nc1ccc(S(C)(=O)=O)cc1[N+](=O)[O-])c1cccs1. The highest BCUT2D eigenvalue weighted by atomic mass is 32.2. The summed E-state index contributed by atoms with van der Waals surface area (Å²) in [6.45, 7) is 1.89. The van der Waals surface area contributed by atoms with E-state index in [0.29, 0.717) is 5.69 Å². The Labute approximate surface area is 126 Å².